The average Bonchev–Trinajstić information content (AvgIpc) is 2.59. The first-order valence-corrected chi connectivity index (χ1v) is 4.44. The van der Waals surface area contributed by atoms with E-state index in [9.17, 15) is 13.6 Å². The van der Waals surface area contributed by atoms with Crippen molar-refractivity contribution in [2.45, 2.75) is 18.9 Å². The van der Waals surface area contributed by atoms with Crippen LogP contribution in [0, 0.1) is 0 Å². The Morgan fingerprint density at radius 1 is 1.73 bits per heavy atom. The molecule has 1 unspecified atom stereocenters. The first kappa shape index (κ1) is 9.88. The normalized spacial score (nSPS) is 19.8. The summed E-state index contributed by atoms with van der Waals surface area (Å²) in [6.07, 6.45) is -1.20. The molecule has 0 aliphatic carbocycles. The number of alkyl halides is 2. The van der Waals surface area contributed by atoms with E-state index in [0.717, 1.165) is 10.9 Å². The van der Waals surface area contributed by atoms with Gasteiger partial charge in [0.05, 0.1) is 6.20 Å². The van der Waals surface area contributed by atoms with E-state index >= 15 is 0 Å². The lowest BCUT2D eigenvalue weighted by Crippen LogP contribution is -2.28. The number of halogens is 2. The second kappa shape index (κ2) is 3.48. The highest BCUT2D eigenvalue weighted by atomic mass is 19.3. The van der Waals surface area contributed by atoms with Crippen molar-refractivity contribution in [3.05, 3.63) is 11.8 Å². The van der Waals surface area contributed by atoms with E-state index in [4.69, 9.17) is 5.11 Å². The van der Waals surface area contributed by atoms with E-state index in [1.54, 1.807) is 0 Å². The summed E-state index contributed by atoms with van der Waals surface area (Å²) < 4.78 is 26.2. The third-order valence-corrected chi connectivity index (χ3v) is 2.36. The molecule has 0 amide bonds. The zero-order valence-electron chi connectivity index (χ0n) is 7.65. The zero-order valence-corrected chi connectivity index (χ0v) is 7.65. The van der Waals surface area contributed by atoms with Crippen LogP contribution in [0.2, 0.25) is 0 Å². The number of aromatic carboxylic acids is 1. The standard InChI is InChI=1S/C8H9F2N3O2/c9-6(10)5-1-2-11-7-4(8(14)15)3-12-13(5)7/h3,5-6,11H,1-2H2,(H,14,15). The van der Waals surface area contributed by atoms with E-state index in [1.165, 1.54) is 0 Å². The number of rotatable bonds is 2. The largest absolute Gasteiger partial charge is 0.477 e. The monoisotopic (exact) mass is 217 g/mol. The average molecular weight is 217 g/mol. The molecule has 1 aromatic heterocycles. The zero-order chi connectivity index (χ0) is 11.0. The highest BCUT2D eigenvalue weighted by Gasteiger charge is 2.31. The Morgan fingerprint density at radius 2 is 2.47 bits per heavy atom. The molecule has 2 rings (SSSR count). The van der Waals surface area contributed by atoms with Gasteiger partial charge in [0.25, 0.3) is 6.43 Å². The van der Waals surface area contributed by atoms with Gasteiger partial charge in [-0.25, -0.2) is 18.3 Å². The second-order valence-corrected chi connectivity index (χ2v) is 3.27. The molecule has 15 heavy (non-hydrogen) atoms. The van der Waals surface area contributed by atoms with Crippen LogP contribution in [0.15, 0.2) is 6.20 Å². The number of carboxylic acid groups (broad SMARTS) is 1. The van der Waals surface area contributed by atoms with Crippen LogP contribution in [0.4, 0.5) is 14.6 Å². The summed E-state index contributed by atoms with van der Waals surface area (Å²) in [6.45, 7) is 0.334. The number of hydrogen-bond acceptors (Lipinski definition) is 3. The Morgan fingerprint density at radius 3 is 3.07 bits per heavy atom. The Labute approximate surface area is 83.7 Å². The molecule has 1 aromatic rings. The molecular weight excluding hydrogens is 208 g/mol. The lowest BCUT2D eigenvalue weighted by molar-refractivity contribution is 0.0679. The van der Waals surface area contributed by atoms with Gasteiger partial charge in [0.15, 0.2) is 0 Å². The van der Waals surface area contributed by atoms with Crippen LogP contribution in [0.3, 0.4) is 0 Å². The Hall–Kier alpha value is -1.66. The maximum absolute atomic E-state index is 12.6. The van der Waals surface area contributed by atoms with Gasteiger partial charge in [-0.2, -0.15) is 5.10 Å². The molecule has 82 valence electrons. The molecule has 1 atom stereocenters. The minimum absolute atomic E-state index is 0.0691. The lowest BCUT2D eigenvalue weighted by atomic mass is 10.1. The van der Waals surface area contributed by atoms with Crippen LogP contribution in [-0.2, 0) is 0 Å². The summed E-state index contributed by atoms with van der Waals surface area (Å²) in [5, 5.41) is 15.2. The van der Waals surface area contributed by atoms with Gasteiger partial charge in [-0.05, 0) is 6.42 Å². The number of hydrogen-bond donors (Lipinski definition) is 2. The van der Waals surface area contributed by atoms with Crippen molar-refractivity contribution in [2.24, 2.45) is 0 Å². The van der Waals surface area contributed by atoms with Crippen molar-refractivity contribution in [3.63, 3.8) is 0 Å². The van der Waals surface area contributed by atoms with Gasteiger partial charge >= 0.3 is 5.97 Å². The van der Waals surface area contributed by atoms with Gasteiger partial charge in [-0.3, -0.25) is 0 Å². The molecule has 0 radical (unpaired) electrons. The predicted molar refractivity (Wildman–Crippen MR) is 47.3 cm³/mol. The molecule has 0 saturated heterocycles. The summed E-state index contributed by atoms with van der Waals surface area (Å²) in [4.78, 5) is 10.7. The Balaban J connectivity index is 2.42. The van der Waals surface area contributed by atoms with Crippen LogP contribution in [-0.4, -0.2) is 33.8 Å². The fraction of sp³-hybridized carbons (Fsp3) is 0.500. The SMILES string of the molecule is O=C(O)c1cnn2c1NCCC2C(F)F. The van der Waals surface area contributed by atoms with Crippen molar-refractivity contribution in [1.82, 2.24) is 9.78 Å². The molecule has 2 N–H and O–H groups in total. The third kappa shape index (κ3) is 1.53. The van der Waals surface area contributed by atoms with Gasteiger partial charge in [0, 0.05) is 6.54 Å². The smallest absolute Gasteiger partial charge is 0.341 e. The number of carbonyl (C=O) groups is 1. The maximum Gasteiger partial charge on any atom is 0.341 e. The van der Waals surface area contributed by atoms with Crippen molar-refractivity contribution >= 4 is 11.8 Å². The molecule has 0 saturated carbocycles. The topological polar surface area (TPSA) is 67.1 Å². The van der Waals surface area contributed by atoms with Crippen molar-refractivity contribution in [3.8, 4) is 0 Å². The summed E-state index contributed by atoms with van der Waals surface area (Å²) >= 11 is 0. The Bertz CT molecular complexity index is 391. The summed E-state index contributed by atoms with van der Waals surface area (Å²) in [7, 11) is 0. The Kier molecular flexibility index (Phi) is 2.29. The van der Waals surface area contributed by atoms with Crippen LogP contribution < -0.4 is 5.32 Å². The van der Waals surface area contributed by atoms with Gasteiger partial charge < -0.3 is 10.4 Å². The number of nitrogens with one attached hydrogen (secondary N) is 1. The quantitative estimate of drug-likeness (QED) is 0.781. The minimum atomic E-state index is -2.53. The molecule has 1 aliphatic rings. The molecule has 0 fully saturated rings. The first-order chi connectivity index (χ1) is 7.11. The molecule has 0 spiro atoms. The van der Waals surface area contributed by atoms with E-state index in [1.807, 2.05) is 0 Å². The van der Waals surface area contributed by atoms with E-state index in [-0.39, 0.29) is 17.8 Å². The van der Waals surface area contributed by atoms with Crippen LogP contribution >= 0.6 is 0 Å². The fourth-order valence-electron chi connectivity index (χ4n) is 1.64. The van der Waals surface area contributed by atoms with Crippen molar-refractivity contribution in [1.29, 1.82) is 0 Å². The molecule has 7 heteroatoms. The van der Waals surface area contributed by atoms with Gasteiger partial charge in [0.2, 0.25) is 0 Å². The van der Waals surface area contributed by atoms with Crippen LogP contribution in [0.1, 0.15) is 22.8 Å². The predicted octanol–water partition coefficient (Wildman–Crippen LogP) is 1.20. The number of anilines is 1. The molecule has 1 aliphatic heterocycles. The summed E-state index contributed by atoms with van der Waals surface area (Å²) in [6, 6.07) is -1.03. The maximum atomic E-state index is 12.6. The number of fused-ring (bicyclic) bond motifs is 1. The minimum Gasteiger partial charge on any atom is -0.477 e. The van der Waals surface area contributed by atoms with Gasteiger partial charge in [-0.1, -0.05) is 0 Å². The molecule has 5 nitrogen and oxygen atoms in total. The van der Waals surface area contributed by atoms with Crippen LogP contribution in [0.25, 0.3) is 0 Å². The van der Waals surface area contributed by atoms with Gasteiger partial charge in [0.1, 0.15) is 17.4 Å². The van der Waals surface area contributed by atoms with E-state index in [2.05, 4.69) is 10.4 Å². The number of carboxylic acids is 1. The third-order valence-electron chi connectivity index (χ3n) is 2.36. The van der Waals surface area contributed by atoms with Gasteiger partial charge in [-0.15, -0.1) is 0 Å². The highest BCUT2D eigenvalue weighted by Crippen LogP contribution is 2.30. The van der Waals surface area contributed by atoms with Crippen LogP contribution in [0.5, 0.6) is 0 Å². The van der Waals surface area contributed by atoms with Crippen molar-refractivity contribution in [2.75, 3.05) is 11.9 Å². The lowest BCUT2D eigenvalue weighted by Gasteiger charge is -2.25. The molecule has 0 bridgehead atoms. The highest BCUT2D eigenvalue weighted by molar-refractivity contribution is 5.93. The summed E-state index contributed by atoms with van der Waals surface area (Å²) in [5.41, 5.74) is -0.0691. The number of aromatic nitrogens is 2. The molecular formula is C8H9F2N3O2. The van der Waals surface area contributed by atoms with E-state index in [0.29, 0.717) is 6.54 Å². The fourth-order valence-corrected chi connectivity index (χ4v) is 1.64. The van der Waals surface area contributed by atoms with E-state index < -0.39 is 18.4 Å². The van der Waals surface area contributed by atoms with Crippen molar-refractivity contribution < 1.29 is 18.7 Å². The first-order valence-electron chi connectivity index (χ1n) is 4.44. The molecule has 0 aromatic carbocycles. The molecule has 2 heterocycles. The second-order valence-electron chi connectivity index (χ2n) is 3.27. The number of nitrogens with zero attached hydrogens (tertiary/aromatic N) is 2. The summed E-state index contributed by atoms with van der Waals surface area (Å²) in [5.74, 6) is -1.00.